The van der Waals surface area contributed by atoms with Crippen LogP contribution < -0.4 is 0 Å². The summed E-state index contributed by atoms with van der Waals surface area (Å²) in [6.45, 7) is 1.15. The maximum atomic E-state index is 12.7. The molecule has 132 valence electrons. The van der Waals surface area contributed by atoms with Crippen molar-refractivity contribution in [3.8, 4) is 0 Å². The summed E-state index contributed by atoms with van der Waals surface area (Å²) in [5.41, 5.74) is 2.48. The first-order chi connectivity index (χ1) is 12.0. The molecule has 0 spiro atoms. The molecule has 2 aromatic heterocycles. The van der Waals surface area contributed by atoms with E-state index in [1.807, 2.05) is 6.07 Å². The van der Waals surface area contributed by atoms with Crippen LogP contribution in [0.1, 0.15) is 18.4 Å². The van der Waals surface area contributed by atoms with Gasteiger partial charge in [-0.05, 0) is 48.9 Å². The summed E-state index contributed by atoms with van der Waals surface area (Å²) in [6, 6.07) is 11.6. The molecule has 1 aromatic carbocycles. The van der Waals surface area contributed by atoms with E-state index in [0.29, 0.717) is 27.6 Å². The van der Waals surface area contributed by atoms with E-state index in [9.17, 15) is 8.42 Å². The molecule has 4 rings (SSSR count). The number of para-hydroxylation sites is 1. The normalized spacial score (nSPS) is 17.3. The molecule has 0 amide bonds. The van der Waals surface area contributed by atoms with Crippen molar-refractivity contribution in [3.05, 3.63) is 52.5 Å². The van der Waals surface area contributed by atoms with Crippen LogP contribution in [0.25, 0.3) is 10.9 Å². The SMILES string of the molecule is O=S(=O)(c1ccc(Cl)s1)N1CCC(Cc2c[nH]c3ccccc23)CC1. The molecule has 4 nitrogen and oxygen atoms in total. The number of aromatic nitrogens is 1. The first-order valence-corrected chi connectivity index (χ1v) is 11.0. The Labute approximate surface area is 156 Å². The first kappa shape index (κ1) is 17.1. The lowest BCUT2D eigenvalue weighted by atomic mass is 9.91. The van der Waals surface area contributed by atoms with E-state index in [1.165, 1.54) is 10.9 Å². The van der Waals surface area contributed by atoms with Gasteiger partial charge in [-0.25, -0.2) is 8.42 Å². The molecule has 1 N–H and O–H groups in total. The minimum Gasteiger partial charge on any atom is -0.361 e. The summed E-state index contributed by atoms with van der Waals surface area (Å²) >= 11 is 7.01. The summed E-state index contributed by atoms with van der Waals surface area (Å²) < 4.78 is 27.8. The molecule has 3 heterocycles. The summed E-state index contributed by atoms with van der Waals surface area (Å²) in [4.78, 5) is 3.32. The molecule has 0 radical (unpaired) electrons. The van der Waals surface area contributed by atoms with Crippen LogP contribution in [0.2, 0.25) is 4.34 Å². The number of hydrogen-bond acceptors (Lipinski definition) is 3. The van der Waals surface area contributed by atoms with Crippen LogP contribution in [0.15, 0.2) is 46.8 Å². The standard InChI is InChI=1S/C18H19ClN2O2S2/c19-17-5-6-18(24-17)25(22,23)21-9-7-13(8-10-21)11-14-12-20-16-4-2-1-3-15(14)16/h1-6,12-13,20H,7-11H2. The molecular weight excluding hydrogens is 376 g/mol. The maximum Gasteiger partial charge on any atom is 0.252 e. The third-order valence-corrected chi connectivity index (χ3v) is 8.50. The van der Waals surface area contributed by atoms with Gasteiger partial charge >= 0.3 is 0 Å². The number of sulfonamides is 1. The van der Waals surface area contributed by atoms with Gasteiger partial charge < -0.3 is 4.98 Å². The van der Waals surface area contributed by atoms with Gasteiger partial charge in [-0.1, -0.05) is 29.8 Å². The van der Waals surface area contributed by atoms with Crippen LogP contribution >= 0.6 is 22.9 Å². The second kappa shape index (κ2) is 6.76. The summed E-state index contributed by atoms with van der Waals surface area (Å²) in [5.74, 6) is 0.512. The lowest BCUT2D eigenvalue weighted by Crippen LogP contribution is -2.38. The number of nitrogens with one attached hydrogen (secondary N) is 1. The van der Waals surface area contributed by atoms with Crippen LogP contribution in [0.3, 0.4) is 0 Å². The van der Waals surface area contributed by atoms with Gasteiger partial charge in [0.1, 0.15) is 4.21 Å². The van der Waals surface area contributed by atoms with E-state index in [0.717, 1.165) is 36.1 Å². The Morgan fingerprint density at radius 1 is 1.16 bits per heavy atom. The summed E-state index contributed by atoms with van der Waals surface area (Å²) in [6.07, 6.45) is 4.85. The molecule has 0 bridgehead atoms. The number of fused-ring (bicyclic) bond motifs is 1. The Morgan fingerprint density at radius 2 is 1.92 bits per heavy atom. The van der Waals surface area contributed by atoms with Crippen LogP contribution in [-0.4, -0.2) is 30.8 Å². The molecule has 7 heteroatoms. The number of nitrogens with zero attached hydrogens (tertiary/aromatic N) is 1. The van der Waals surface area contributed by atoms with E-state index < -0.39 is 10.0 Å². The predicted octanol–water partition coefficient (Wildman–Crippen LogP) is 4.53. The van der Waals surface area contributed by atoms with Crippen molar-refractivity contribution in [1.82, 2.24) is 9.29 Å². The predicted molar refractivity (Wildman–Crippen MR) is 103 cm³/mol. The van der Waals surface area contributed by atoms with E-state index in [-0.39, 0.29) is 0 Å². The van der Waals surface area contributed by atoms with Crippen molar-refractivity contribution < 1.29 is 8.42 Å². The third kappa shape index (κ3) is 3.36. The molecule has 0 aliphatic carbocycles. The van der Waals surface area contributed by atoms with Crippen molar-refractivity contribution >= 4 is 43.9 Å². The molecule has 25 heavy (non-hydrogen) atoms. The Balaban J connectivity index is 1.43. The number of H-pyrrole nitrogens is 1. The minimum atomic E-state index is -3.40. The van der Waals surface area contributed by atoms with Crippen molar-refractivity contribution in [2.24, 2.45) is 5.92 Å². The van der Waals surface area contributed by atoms with E-state index in [1.54, 1.807) is 16.4 Å². The average molecular weight is 395 g/mol. The molecule has 0 saturated carbocycles. The van der Waals surface area contributed by atoms with Gasteiger partial charge in [0.25, 0.3) is 10.0 Å². The molecule has 1 aliphatic heterocycles. The second-order valence-corrected chi connectivity index (χ2v) is 10.3. The third-order valence-electron chi connectivity index (χ3n) is 4.90. The van der Waals surface area contributed by atoms with Gasteiger partial charge in [-0.3, -0.25) is 0 Å². The molecule has 1 saturated heterocycles. The van der Waals surface area contributed by atoms with Crippen LogP contribution in [0.4, 0.5) is 0 Å². The fourth-order valence-corrected chi connectivity index (χ4v) is 6.64. The van der Waals surface area contributed by atoms with Crippen LogP contribution in [0.5, 0.6) is 0 Å². The average Bonchev–Trinajstić information content (AvgIpc) is 3.23. The van der Waals surface area contributed by atoms with E-state index in [2.05, 4.69) is 29.4 Å². The number of piperidine rings is 1. The lowest BCUT2D eigenvalue weighted by molar-refractivity contribution is 0.273. The van der Waals surface area contributed by atoms with Gasteiger partial charge in [-0.2, -0.15) is 4.31 Å². The van der Waals surface area contributed by atoms with Gasteiger partial charge in [0.15, 0.2) is 0 Å². The number of thiophene rings is 1. The smallest absolute Gasteiger partial charge is 0.252 e. The fraction of sp³-hybridized carbons (Fsp3) is 0.333. The molecule has 3 aromatic rings. The molecule has 1 fully saturated rings. The molecule has 0 unspecified atom stereocenters. The van der Waals surface area contributed by atoms with Gasteiger partial charge in [0.05, 0.1) is 4.34 Å². The fourth-order valence-electron chi connectivity index (χ4n) is 3.53. The quantitative estimate of drug-likeness (QED) is 0.706. The van der Waals surface area contributed by atoms with Crippen molar-refractivity contribution in [3.63, 3.8) is 0 Å². The zero-order chi connectivity index (χ0) is 17.4. The molecule has 0 atom stereocenters. The first-order valence-electron chi connectivity index (χ1n) is 8.34. The maximum absolute atomic E-state index is 12.7. The second-order valence-electron chi connectivity index (χ2n) is 6.47. The highest BCUT2D eigenvalue weighted by molar-refractivity contribution is 7.91. The van der Waals surface area contributed by atoms with E-state index >= 15 is 0 Å². The Morgan fingerprint density at radius 3 is 2.64 bits per heavy atom. The highest BCUT2D eigenvalue weighted by Crippen LogP contribution is 2.32. The van der Waals surface area contributed by atoms with Crippen molar-refractivity contribution in [2.75, 3.05) is 13.1 Å². The van der Waals surface area contributed by atoms with Crippen LogP contribution in [0, 0.1) is 5.92 Å². The summed E-state index contributed by atoms with van der Waals surface area (Å²) in [5, 5.41) is 1.27. The monoisotopic (exact) mass is 394 g/mol. The van der Waals surface area contributed by atoms with Gasteiger partial charge in [0.2, 0.25) is 0 Å². The Bertz CT molecular complexity index is 985. The van der Waals surface area contributed by atoms with Crippen molar-refractivity contribution in [1.29, 1.82) is 0 Å². The summed E-state index contributed by atoms with van der Waals surface area (Å²) in [7, 11) is -3.40. The molecular formula is C18H19ClN2O2S2. The Hall–Kier alpha value is -1.34. The Kier molecular flexibility index (Phi) is 4.62. The number of aromatic amines is 1. The zero-order valence-electron chi connectivity index (χ0n) is 13.6. The highest BCUT2D eigenvalue weighted by Gasteiger charge is 2.30. The van der Waals surface area contributed by atoms with Gasteiger partial charge in [0, 0.05) is 30.2 Å². The van der Waals surface area contributed by atoms with E-state index in [4.69, 9.17) is 11.6 Å². The topological polar surface area (TPSA) is 53.2 Å². The van der Waals surface area contributed by atoms with Crippen molar-refractivity contribution in [2.45, 2.75) is 23.5 Å². The number of rotatable bonds is 4. The van der Waals surface area contributed by atoms with Gasteiger partial charge in [-0.15, -0.1) is 11.3 Å². The lowest BCUT2D eigenvalue weighted by Gasteiger charge is -2.30. The molecule has 1 aliphatic rings. The zero-order valence-corrected chi connectivity index (χ0v) is 16.0. The minimum absolute atomic E-state index is 0.340. The number of benzene rings is 1. The largest absolute Gasteiger partial charge is 0.361 e. The number of hydrogen-bond donors (Lipinski definition) is 1. The number of halogens is 1. The van der Waals surface area contributed by atoms with Crippen LogP contribution in [-0.2, 0) is 16.4 Å². The highest BCUT2D eigenvalue weighted by atomic mass is 35.5.